The molecule has 0 aromatic heterocycles. The molecular formula is C21H18O5. The Balaban J connectivity index is 1.93. The predicted octanol–water partition coefficient (Wildman–Crippen LogP) is 2.86. The lowest BCUT2D eigenvalue weighted by Crippen LogP contribution is -2.49. The first-order valence-corrected chi connectivity index (χ1v) is 8.68. The molecule has 0 radical (unpaired) electrons. The fourth-order valence-electron chi connectivity index (χ4n) is 3.75. The van der Waals surface area contributed by atoms with Crippen LogP contribution in [0.5, 0.6) is 0 Å². The highest BCUT2D eigenvalue weighted by Gasteiger charge is 2.86. The van der Waals surface area contributed by atoms with Gasteiger partial charge in [0.2, 0.25) is 17.2 Å². The summed E-state index contributed by atoms with van der Waals surface area (Å²) in [6.07, 6.45) is 0.840. The Morgan fingerprint density at radius 2 is 1.58 bits per heavy atom. The van der Waals surface area contributed by atoms with Crippen molar-refractivity contribution in [3.05, 3.63) is 70.8 Å². The van der Waals surface area contributed by atoms with Crippen LogP contribution in [0.3, 0.4) is 0 Å². The summed E-state index contributed by atoms with van der Waals surface area (Å²) >= 11 is 0. The quantitative estimate of drug-likeness (QED) is 0.482. The van der Waals surface area contributed by atoms with Gasteiger partial charge in [-0.15, -0.1) is 0 Å². The molecule has 26 heavy (non-hydrogen) atoms. The first-order valence-electron chi connectivity index (χ1n) is 8.68. The highest BCUT2D eigenvalue weighted by Crippen LogP contribution is 2.62. The molecule has 2 aromatic carbocycles. The third kappa shape index (κ3) is 1.86. The minimum absolute atomic E-state index is 0.0952. The van der Waals surface area contributed by atoms with Crippen molar-refractivity contribution in [2.24, 2.45) is 0 Å². The molecule has 0 N–H and O–H groups in total. The first kappa shape index (κ1) is 16.7. The van der Waals surface area contributed by atoms with Gasteiger partial charge in [-0.3, -0.25) is 9.59 Å². The van der Waals surface area contributed by atoms with Gasteiger partial charge in [-0.1, -0.05) is 55.5 Å². The van der Waals surface area contributed by atoms with E-state index < -0.39 is 23.0 Å². The standard InChI is InChI=1S/C21H18O5/c1-3-13-9-11-14(12-10-13)20-17(22)15-7-5-6-8-16(15)18(23)21(20,26-20)19(24)25-4-2/h5-12H,3-4H2,1-2H3. The molecular weight excluding hydrogens is 332 g/mol. The molecule has 1 aliphatic carbocycles. The molecule has 2 unspecified atom stereocenters. The SMILES string of the molecule is CCOC(=O)C12OC1(c1ccc(CC)cc1)C(=O)c1ccccc1C2=O. The number of ketones is 2. The molecule has 0 spiro atoms. The minimum Gasteiger partial charge on any atom is -0.463 e. The highest BCUT2D eigenvalue weighted by molar-refractivity contribution is 6.32. The Morgan fingerprint density at radius 3 is 2.15 bits per heavy atom. The topological polar surface area (TPSA) is 73.0 Å². The molecule has 2 aromatic rings. The number of fused-ring (bicyclic) bond motifs is 2. The molecule has 1 saturated heterocycles. The third-order valence-corrected chi connectivity index (χ3v) is 5.15. The molecule has 132 valence electrons. The van der Waals surface area contributed by atoms with E-state index in [0.717, 1.165) is 12.0 Å². The van der Waals surface area contributed by atoms with Crippen molar-refractivity contribution >= 4 is 17.5 Å². The summed E-state index contributed by atoms with van der Waals surface area (Å²) in [6, 6.07) is 13.7. The van der Waals surface area contributed by atoms with E-state index in [2.05, 4.69) is 0 Å². The van der Waals surface area contributed by atoms with E-state index in [1.54, 1.807) is 43.3 Å². The Labute approximate surface area is 150 Å². The van der Waals surface area contributed by atoms with Gasteiger partial charge in [0.1, 0.15) is 0 Å². The Morgan fingerprint density at radius 1 is 0.962 bits per heavy atom. The smallest absolute Gasteiger partial charge is 0.350 e. The summed E-state index contributed by atoms with van der Waals surface area (Å²) in [5.41, 5.74) is -1.52. The van der Waals surface area contributed by atoms with Gasteiger partial charge in [0.25, 0.3) is 5.60 Å². The zero-order valence-electron chi connectivity index (χ0n) is 14.6. The van der Waals surface area contributed by atoms with Gasteiger partial charge in [-0.05, 0) is 24.5 Å². The van der Waals surface area contributed by atoms with E-state index in [4.69, 9.17) is 9.47 Å². The number of benzene rings is 2. The zero-order valence-corrected chi connectivity index (χ0v) is 14.6. The Bertz CT molecular complexity index is 930. The number of Topliss-reactive ketones (excluding diaryl/α,β-unsaturated/α-hetero) is 2. The Kier molecular flexibility index (Phi) is 3.59. The molecule has 0 saturated carbocycles. The lowest BCUT2D eigenvalue weighted by molar-refractivity contribution is -0.147. The summed E-state index contributed by atoms with van der Waals surface area (Å²) in [4.78, 5) is 39.2. The van der Waals surface area contributed by atoms with Gasteiger partial charge in [-0.25, -0.2) is 4.79 Å². The van der Waals surface area contributed by atoms with Crippen molar-refractivity contribution in [3.8, 4) is 0 Å². The number of carbonyl (C=O) groups excluding carboxylic acids is 3. The second-order valence-corrected chi connectivity index (χ2v) is 6.44. The second kappa shape index (κ2) is 5.61. The van der Waals surface area contributed by atoms with Crippen LogP contribution in [0.15, 0.2) is 48.5 Å². The van der Waals surface area contributed by atoms with Crippen LogP contribution in [-0.2, 0) is 26.3 Å². The number of rotatable bonds is 4. The van der Waals surface area contributed by atoms with Crippen LogP contribution in [0.25, 0.3) is 0 Å². The summed E-state index contributed by atoms with van der Waals surface area (Å²) in [5.74, 6) is -1.72. The van der Waals surface area contributed by atoms with Crippen LogP contribution in [0.4, 0.5) is 0 Å². The maximum Gasteiger partial charge on any atom is 0.350 e. The fraction of sp³-hybridized carbons (Fsp3) is 0.286. The molecule has 5 heteroatoms. The van der Waals surface area contributed by atoms with Gasteiger partial charge in [0, 0.05) is 11.1 Å². The van der Waals surface area contributed by atoms with Crippen molar-refractivity contribution in [3.63, 3.8) is 0 Å². The number of hydrogen-bond donors (Lipinski definition) is 0. The predicted molar refractivity (Wildman–Crippen MR) is 93.1 cm³/mol. The van der Waals surface area contributed by atoms with Crippen molar-refractivity contribution in [1.29, 1.82) is 0 Å². The minimum atomic E-state index is -1.93. The second-order valence-electron chi connectivity index (χ2n) is 6.44. The van der Waals surface area contributed by atoms with E-state index in [9.17, 15) is 14.4 Å². The van der Waals surface area contributed by atoms with Gasteiger partial charge in [-0.2, -0.15) is 0 Å². The van der Waals surface area contributed by atoms with Crippen LogP contribution in [0.1, 0.15) is 45.7 Å². The molecule has 0 amide bonds. The number of esters is 1. The zero-order chi connectivity index (χ0) is 18.5. The maximum absolute atomic E-state index is 13.3. The summed E-state index contributed by atoms with van der Waals surface area (Å²) < 4.78 is 10.9. The van der Waals surface area contributed by atoms with E-state index in [0.29, 0.717) is 5.56 Å². The third-order valence-electron chi connectivity index (χ3n) is 5.15. The fourth-order valence-corrected chi connectivity index (χ4v) is 3.75. The largest absolute Gasteiger partial charge is 0.463 e. The van der Waals surface area contributed by atoms with E-state index in [1.165, 1.54) is 0 Å². The first-order chi connectivity index (χ1) is 12.5. The van der Waals surface area contributed by atoms with Crippen LogP contribution >= 0.6 is 0 Å². The monoisotopic (exact) mass is 350 g/mol. The molecule has 0 bridgehead atoms. The van der Waals surface area contributed by atoms with Crippen LogP contribution in [0.2, 0.25) is 0 Å². The van der Waals surface area contributed by atoms with Crippen LogP contribution in [-0.4, -0.2) is 29.7 Å². The normalized spacial score (nSPS) is 26.1. The average Bonchev–Trinajstić information content (AvgIpc) is 3.40. The number of epoxide rings is 1. The van der Waals surface area contributed by atoms with Gasteiger partial charge in [0.15, 0.2) is 0 Å². The van der Waals surface area contributed by atoms with Crippen molar-refractivity contribution in [2.75, 3.05) is 6.61 Å². The summed E-state index contributed by atoms with van der Waals surface area (Å²) in [7, 11) is 0. The number of ether oxygens (including phenoxy) is 2. The van der Waals surface area contributed by atoms with Crippen molar-refractivity contribution in [2.45, 2.75) is 31.5 Å². The van der Waals surface area contributed by atoms with E-state index in [-0.39, 0.29) is 23.5 Å². The number of carbonyl (C=O) groups is 3. The lowest BCUT2D eigenvalue weighted by Gasteiger charge is -2.24. The summed E-state index contributed by atoms with van der Waals surface area (Å²) in [5, 5.41) is 0. The molecule has 4 rings (SSSR count). The van der Waals surface area contributed by atoms with Crippen LogP contribution in [0, 0.1) is 0 Å². The van der Waals surface area contributed by atoms with Crippen molar-refractivity contribution in [1.82, 2.24) is 0 Å². The molecule has 1 aliphatic heterocycles. The van der Waals surface area contributed by atoms with Gasteiger partial charge < -0.3 is 9.47 Å². The molecule has 5 nitrogen and oxygen atoms in total. The molecule has 1 fully saturated rings. The number of aryl methyl sites for hydroxylation is 1. The van der Waals surface area contributed by atoms with E-state index in [1.807, 2.05) is 19.1 Å². The lowest BCUT2D eigenvalue weighted by atomic mass is 9.71. The highest BCUT2D eigenvalue weighted by atomic mass is 16.7. The van der Waals surface area contributed by atoms with E-state index >= 15 is 0 Å². The average molecular weight is 350 g/mol. The van der Waals surface area contributed by atoms with Gasteiger partial charge >= 0.3 is 5.97 Å². The molecule has 1 heterocycles. The summed E-state index contributed by atoms with van der Waals surface area (Å²) in [6.45, 7) is 3.77. The van der Waals surface area contributed by atoms with Crippen molar-refractivity contribution < 1.29 is 23.9 Å². The van der Waals surface area contributed by atoms with Gasteiger partial charge in [0.05, 0.1) is 6.61 Å². The Hall–Kier alpha value is -2.79. The maximum atomic E-state index is 13.3. The number of hydrogen-bond acceptors (Lipinski definition) is 5. The molecule has 2 atom stereocenters. The molecule has 2 aliphatic rings. The van der Waals surface area contributed by atoms with Crippen LogP contribution < -0.4 is 0 Å².